The number of ether oxygens (including phenoxy) is 1. The van der Waals surface area contributed by atoms with Crippen LogP contribution in [0.25, 0.3) is 0 Å². The van der Waals surface area contributed by atoms with Crippen molar-refractivity contribution in [2.24, 2.45) is 0 Å². The molecule has 1 saturated heterocycles. The van der Waals surface area contributed by atoms with Crippen LogP contribution in [0.3, 0.4) is 0 Å². The van der Waals surface area contributed by atoms with Gasteiger partial charge in [0.05, 0.1) is 0 Å². The van der Waals surface area contributed by atoms with Gasteiger partial charge in [-0.25, -0.2) is 0 Å². The molecule has 0 radical (unpaired) electrons. The van der Waals surface area contributed by atoms with Crippen molar-refractivity contribution in [2.45, 2.75) is 31.8 Å². The van der Waals surface area contributed by atoms with Crippen molar-refractivity contribution in [3.63, 3.8) is 0 Å². The summed E-state index contributed by atoms with van der Waals surface area (Å²) < 4.78 is 5.88. The first-order valence-corrected chi connectivity index (χ1v) is 6.42. The van der Waals surface area contributed by atoms with E-state index in [2.05, 4.69) is 5.32 Å². The molecule has 4 heteroatoms. The molecule has 0 bridgehead atoms. The van der Waals surface area contributed by atoms with E-state index in [0.717, 1.165) is 37.2 Å². The fourth-order valence-corrected chi connectivity index (χ4v) is 2.09. The Labute approximate surface area is 107 Å². The van der Waals surface area contributed by atoms with Crippen molar-refractivity contribution in [2.75, 3.05) is 13.1 Å². The van der Waals surface area contributed by atoms with Gasteiger partial charge in [-0.15, -0.1) is 0 Å². The highest BCUT2D eigenvalue weighted by molar-refractivity contribution is 5.67. The Hall–Kier alpha value is -1.55. The summed E-state index contributed by atoms with van der Waals surface area (Å²) in [5.41, 5.74) is 1.04. The van der Waals surface area contributed by atoms with Gasteiger partial charge in [-0.1, -0.05) is 12.1 Å². The number of hydrogen-bond donors (Lipinski definition) is 2. The van der Waals surface area contributed by atoms with Gasteiger partial charge >= 0.3 is 5.97 Å². The third kappa shape index (κ3) is 4.04. The number of nitrogens with one attached hydrogen (secondary N) is 1. The van der Waals surface area contributed by atoms with E-state index in [1.54, 1.807) is 0 Å². The summed E-state index contributed by atoms with van der Waals surface area (Å²) in [6.07, 6.45) is 3.13. The summed E-state index contributed by atoms with van der Waals surface area (Å²) in [5.74, 6) is 0.117. The van der Waals surface area contributed by atoms with Gasteiger partial charge in [-0.05, 0) is 50.0 Å². The van der Waals surface area contributed by atoms with E-state index in [1.807, 2.05) is 24.3 Å². The topological polar surface area (TPSA) is 58.6 Å². The second kappa shape index (κ2) is 6.40. The number of carboxylic acid groups (broad SMARTS) is 1. The Morgan fingerprint density at radius 3 is 2.56 bits per heavy atom. The van der Waals surface area contributed by atoms with Crippen molar-refractivity contribution >= 4 is 5.97 Å². The Morgan fingerprint density at radius 2 is 1.94 bits per heavy atom. The maximum atomic E-state index is 10.5. The van der Waals surface area contributed by atoms with Gasteiger partial charge in [0.25, 0.3) is 0 Å². The molecule has 0 atom stereocenters. The molecule has 0 unspecified atom stereocenters. The fraction of sp³-hybridized carbons (Fsp3) is 0.500. The largest absolute Gasteiger partial charge is 0.490 e. The average molecular weight is 249 g/mol. The number of rotatable bonds is 5. The van der Waals surface area contributed by atoms with Crippen LogP contribution in [-0.4, -0.2) is 30.3 Å². The quantitative estimate of drug-likeness (QED) is 0.836. The van der Waals surface area contributed by atoms with Gasteiger partial charge < -0.3 is 15.2 Å². The first kappa shape index (κ1) is 12.9. The summed E-state index contributed by atoms with van der Waals surface area (Å²) in [6, 6.07) is 7.75. The highest BCUT2D eigenvalue weighted by Gasteiger charge is 2.14. The van der Waals surface area contributed by atoms with Crippen LogP contribution in [0.4, 0.5) is 0 Å². The van der Waals surface area contributed by atoms with Crippen LogP contribution < -0.4 is 10.1 Å². The highest BCUT2D eigenvalue weighted by Crippen LogP contribution is 2.18. The van der Waals surface area contributed by atoms with E-state index in [0.29, 0.717) is 12.5 Å². The minimum absolute atomic E-state index is 0.175. The van der Waals surface area contributed by atoms with Crippen molar-refractivity contribution in [1.82, 2.24) is 5.32 Å². The molecule has 0 amide bonds. The molecule has 18 heavy (non-hydrogen) atoms. The molecular weight excluding hydrogens is 230 g/mol. The van der Waals surface area contributed by atoms with Gasteiger partial charge in [-0.3, -0.25) is 4.79 Å². The lowest BCUT2D eigenvalue weighted by atomic mass is 10.1. The maximum Gasteiger partial charge on any atom is 0.303 e. The molecule has 98 valence electrons. The first-order valence-electron chi connectivity index (χ1n) is 6.42. The Morgan fingerprint density at radius 1 is 1.28 bits per heavy atom. The molecule has 1 aromatic rings. The third-order valence-corrected chi connectivity index (χ3v) is 3.14. The van der Waals surface area contributed by atoms with Crippen LogP contribution in [-0.2, 0) is 11.2 Å². The van der Waals surface area contributed by atoms with Gasteiger partial charge in [-0.2, -0.15) is 0 Å². The summed E-state index contributed by atoms with van der Waals surface area (Å²) in [5, 5.41) is 11.9. The van der Waals surface area contributed by atoms with Crippen LogP contribution in [0, 0.1) is 0 Å². The number of aliphatic carboxylic acids is 1. The predicted molar refractivity (Wildman–Crippen MR) is 68.9 cm³/mol. The molecular formula is C14H19NO3. The number of benzene rings is 1. The predicted octanol–water partition coefficient (Wildman–Crippen LogP) is 1.83. The summed E-state index contributed by atoms with van der Waals surface area (Å²) in [4.78, 5) is 10.5. The van der Waals surface area contributed by atoms with Gasteiger partial charge in [0.15, 0.2) is 0 Å². The molecule has 0 aromatic heterocycles. The van der Waals surface area contributed by atoms with E-state index >= 15 is 0 Å². The number of carbonyl (C=O) groups is 1. The number of aryl methyl sites for hydroxylation is 1. The summed E-state index contributed by atoms with van der Waals surface area (Å²) in [7, 11) is 0. The molecule has 0 aliphatic carbocycles. The molecule has 1 aliphatic rings. The van der Waals surface area contributed by atoms with Gasteiger partial charge in [0, 0.05) is 6.42 Å². The molecule has 1 aliphatic heterocycles. The number of carboxylic acids is 1. The fourth-order valence-electron chi connectivity index (χ4n) is 2.09. The summed E-state index contributed by atoms with van der Waals surface area (Å²) >= 11 is 0. The third-order valence-electron chi connectivity index (χ3n) is 3.14. The standard InChI is InChI=1S/C14H19NO3/c16-14(17)6-3-11-1-4-12(5-2-11)18-13-7-9-15-10-8-13/h1-2,4-5,13,15H,3,6-10H2,(H,16,17). The average Bonchev–Trinajstić information content (AvgIpc) is 2.39. The van der Waals surface area contributed by atoms with Crippen LogP contribution in [0.5, 0.6) is 5.75 Å². The summed E-state index contributed by atoms with van der Waals surface area (Å²) in [6.45, 7) is 2.03. The van der Waals surface area contributed by atoms with Crippen molar-refractivity contribution in [1.29, 1.82) is 0 Å². The molecule has 2 rings (SSSR count). The van der Waals surface area contributed by atoms with Gasteiger partial charge in [0.2, 0.25) is 0 Å². The van der Waals surface area contributed by atoms with E-state index in [1.165, 1.54) is 0 Å². The molecule has 0 saturated carbocycles. The lowest BCUT2D eigenvalue weighted by molar-refractivity contribution is -0.136. The molecule has 1 fully saturated rings. The minimum atomic E-state index is -0.759. The van der Waals surface area contributed by atoms with Crippen molar-refractivity contribution in [3.8, 4) is 5.75 Å². The van der Waals surface area contributed by atoms with E-state index in [4.69, 9.17) is 9.84 Å². The molecule has 4 nitrogen and oxygen atoms in total. The highest BCUT2D eigenvalue weighted by atomic mass is 16.5. The van der Waals surface area contributed by atoms with Crippen molar-refractivity contribution < 1.29 is 14.6 Å². The monoisotopic (exact) mass is 249 g/mol. The Balaban J connectivity index is 1.84. The van der Waals surface area contributed by atoms with E-state index in [-0.39, 0.29) is 6.42 Å². The normalized spacial score (nSPS) is 16.4. The van der Waals surface area contributed by atoms with Crippen LogP contribution in [0.2, 0.25) is 0 Å². The number of piperidine rings is 1. The molecule has 1 heterocycles. The Kier molecular flexibility index (Phi) is 4.59. The second-order valence-electron chi connectivity index (χ2n) is 4.60. The van der Waals surface area contributed by atoms with E-state index < -0.39 is 5.97 Å². The zero-order valence-corrected chi connectivity index (χ0v) is 10.4. The zero-order valence-electron chi connectivity index (χ0n) is 10.4. The SMILES string of the molecule is O=C(O)CCc1ccc(OC2CCNCC2)cc1. The minimum Gasteiger partial charge on any atom is -0.490 e. The van der Waals surface area contributed by atoms with Crippen molar-refractivity contribution in [3.05, 3.63) is 29.8 Å². The Bertz CT molecular complexity index is 383. The molecule has 0 spiro atoms. The van der Waals surface area contributed by atoms with Crippen LogP contribution >= 0.6 is 0 Å². The van der Waals surface area contributed by atoms with Crippen LogP contribution in [0.15, 0.2) is 24.3 Å². The first-order chi connectivity index (χ1) is 8.74. The smallest absolute Gasteiger partial charge is 0.303 e. The zero-order chi connectivity index (χ0) is 12.8. The molecule has 1 aromatic carbocycles. The maximum absolute atomic E-state index is 10.5. The number of hydrogen-bond acceptors (Lipinski definition) is 3. The van der Waals surface area contributed by atoms with E-state index in [9.17, 15) is 4.79 Å². The van der Waals surface area contributed by atoms with Crippen LogP contribution in [0.1, 0.15) is 24.8 Å². The molecule has 2 N–H and O–H groups in total. The lowest BCUT2D eigenvalue weighted by Crippen LogP contribution is -2.34. The van der Waals surface area contributed by atoms with Gasteiger partial charge in [0.1, 0.15) is 11.9 Å². The second-order valence-corrected chi connectivity index (χ2v) is 4.60. The lowest BCUT2D eigenvalue weighted by Gasteiger charge is -2.23.